The van der Waals surface area contributed by atoms with E-state index in [9.17, 15) is 4.79 Å². The van der Waals surface area contributed by atoms with Crippen molar-refractivity contribution < 1.29 is 14.3 Å². The molecule has 1 aromatic rings. The predicted molar refractivity (Wildman–Crippen MR) is 100 cm³/mol. The number of ether oxygens (including phenoxy) is 2. The number of amides is 1. The maximum atomic E-state index is 12.1. The molecule has 1 aliphatic rings. The fraction of sp³-hybridized carbons (Fsp3) is 0.650. The quantitative estimate of drug-likeness (QED) is 0.745. The minimum Gasteiger partial charge on any atom is -0.493 e. The molecule has 0 aliphatic carbocycles. The van der Waals surface area contributed by atoms with Gasteiger partial charge in [0.2, 0.25) is 5.91 Å². The van der Waals surface area contributed by atoms with Crippen LogP contribution in [-0.4, -0.2) is 50.7 Å². The van der Waals surface area contributed by atoms with Crippen LogP contribution >= 0.6 is 0 Å². The smallest absolute Gasteiger partial charge is 0.220 e. The van der Waals surface area contributed by atoms with E-state index in [-0.39, 0.29) is 5.91 Å². The lowest BCUT2D eigenvalue weighted by Crippen LogP contribution is -2.44. The van der Waals surface area contributed by atoms with E-state index in [1.807, 2.05) is 18.2 Å². The second-order valence-electron chi connectivity index (χ2n) is 6.79. The van der Waals surface area contributed by atoms with Crippen LogP contribution < -0.4 is 14.8 Å². The number of piperidine rings is 1. The van der Waals surface area contributed by atoms with Crippen molar-refractivity contribution in [2.24, 2.45) is 0 Å². The molecule has 5 nitrogen and oxygen atoms in total. The standard InChI is InChI=1S/C20H32N2O3/c1-16(22-12-5-4-6-13-22)15-21-20(23)9-7-8-17-10-11-18(24-2)19(14-17)25-3/h10-11,14,16H,4-9,12-13,15H2,1-3H3,(H,21,23). The summed E-state index contributed by atoms with van der Waals surface area (Å²) >= 11 is 0. The largest absolute Gasteiger partial charge is 0.493 e. The SMILES string of the molecule is COc1ccc(CCCC(=O)NCC(C)N2CCCCC2)cc1OC. The van der Waals surface area contributed by atoms with E-state index in [1.54, 1.807) is 14.2 Å². The lowest BCUT2D eigenvalue weighted by Gasteiger charge is -2.32. The van der Waals surface area contributed by atoms with E-state index in [4.69, 9.17) is 9.47 Å². The molecule has 0 aromatic heterocycles. The zero-order chi connectivity index (χ0) is 18.1. The zero-order valence-electron chi connectivity index (χ0n) is 15.8. The maximum Gasteiger partial charge on any atom is 0.220 e. The van der Waals surface area contributed by atoms with Gasteiger partial charge in [-0.1, -0.05) is 12.5 Å². The van der Waals surface area contributed by atoms with Crippen LogP contribution in [0.25, 0.3) is 0 Å². The van der Waals surface area contributed by atoms with Gasteiger partial charge in [-0.05, 0) is 63.4 Å². The van der Waals surface area contributed by atoms with Gasteiger partial charge in [-0.25, -0.2) is 0 Å². The van der Waals surface area contributed by atoms with Gasteiger partial charge in [0.15, 0.2) is 11.5 Å². The van der Waals surface area contributed by atoms with E-state index in [2.05, 4.69) is 17.1 Å². The topological polar surface area (TPSA) is 50.8 Å². The maximum absolute atomic E-state index is 12.1. The third kappa shape index (κ3) is 6.24. The molecule has 1 aliphatic heterocycles. The second kappa shape index (κ2) is 10.3. The van der Waals surface area contributed by atoms with Gasteiger partial charge in [0, 0.05) is 19.0 Å². The van der Waals surface area contributed by atoms with E-state index in [0.717, 1.165) is 49.5 Å². The highest BCUT2D eigenvalue weighted by Gasteiger charge is 2.17. The summed E-state index contributed by atoms with van der Waals surface area (Å²) in [5, 5.41) is 3.08. The van der Waals surface area contributed by atoms with E-state index >= 15 is 0 Å². The Hall–Kier alpha value is -1.75. The molecular formula is C20H32N2O3. The molecule has 140 valence electrons. The van der Waals surface area contributed by atoms with Crippen molar-refractivity contribution in [3.05, 3.63) is 23.8 Å². The average Bonchev–Trinajstić information content (AvgIpc) is 2.66. The molecular weight excluding hydrogens is 316 g/mol. The molecule has 0 spiro atoms. The predicted octanol–water partition coefficient (Wildman–Crippen LogP) is 3.02. The minimum atomic E-state index is 0.143. The summed E-state index contributed by atoms with van der Waals surface area (Å²) in [7, 11) is 3.27. The molecule has 1 N–H and O–H groups in total. The Morgan fingerprint density at radius 1 is 1.16 bits per heavy atom. The summed E-state index contributed by atoms with van der Waals surface area (Å²) in [6.45, 7) is 5.27. The lowest BCUT2D eigenvalue weighted by atomic mass is 10.1. The van der Waals surface area contributed by atoms with Crippen LogP contribution in [0, 0.1) is 0 Å². The van der Waals surface area contributed by atoms with Crippen molar-refractivity contribution in [2.75, 3.05) is 33.9 Å². The molecule has 0 radical (unpaired) electrons. The Bertz CT molecular complexity index is 542. The number of aryl methyl sites for hydroxylation is 1. The van der Waals surface area contributed by atoms with Crippen molar-refractivity contribution in [3.63, 3.8) is 0 Å². The van der Waals surface area contributed by atoms with Crippen LogP contribution in [0.4, 0.5) is 0 Å². The Morgan fingerprint density at radius 2 is 1.88 bits per heavy atom. The number of hydrogen-bond acceptors (Lipinski definition) is 4. The number of carbonyl (C=O) groups is 1. The Balaban J connectivity index is 1.68. The van der Waals surface area contributed by atoms with Gasteiger partial charge in [-0.3, -0.25) is 9.69 Å². The molecule has 0 bridgehead atoms. The summed E-state index contributed by atoms with van der Waals surface area (Å²) in [5.74, 6) is 1.61. The minimum absolute atomic E-state index is 0.143. The summed E-state index contributed by atoms with van der Waals surface area (Å²) in [6, 6.07) is 6.34. The number of methoxy groups -OCH3 is 2. The molecule has 5 heteroatoms. The fourth-order valence-corrected chi connectivity index (χ4v) is 3.33. The molecule has 1 heterocycles. The Labute approximate surface area is 151 Å². The number of likely N-dealkylation sites (tertiary alicyclic amines) is 1. The van der Waals surface area contributed by atoms with Crippen LogP contribution in [0.5, 0.6) is 11.5 Å². The first-order valence-corrected chi connectivity index (χ1v) is 9.35. The van der Waals surface area contributed by atoms with E-state index in [0.29, 0.717) is 12.5 Å². The average molecular weight is 348 g/mol. The van der Waals surface area contributed by atoms with Crippen LogP contribution in [-0.2, 0) is 11.2 Å². The highest BCUT2D eigenvalue weighted by Crippen LogP contribution is 2.28. The number of carbonyl (C=O) groups excluding carboxylic acids is 1. The molecule has 1 unspecified atom stereocenters. The van der Waals surface area contributed by atoms with Crippen molar-refractivity contribution in [3.8, 4) is 11.5 Å². The van der Waals surface area contributed by atoms with Gasteiger partial charge in [-0.2, -0.15) is 0 Å². The third-order valence-corrected chi connectivity index (χ3v) is 4.93. The summed E-state index contributed by atoms with van der Waals surface area (Å²) in [5.41, 5.74) is 1.16. The first-order valence-electron chi connectivity index (χ1n) is 9.35. The normalized spacial score (nSPS) is 16.3. The van der Waals surface area contributed by atoms with Crippen LogP contribution in [0.15, 0.2) is 18.2 Å². The van der Waals surface area contributed by atoms with Crippen LogP contribution in [0.2, 0.25) is 0 Å². The molecule has 2 rings (SSSR count). The molecule has 1 aromatic carbocycles. The van der Waals surface area contributed by atoms with Gasteiger partial charge < -0.3 is 14.8 Å². The number of rotatable bonds is 9. The highest BCUT2D eigenvalue weighted by molar-refractivity contribution is 5.75. The third-order valence-electron chi connectivity index (χ3n) is 4.93. The Morgan fingerprint density at radius 3 is 2.56 bits per heavy atom. The number of hydrogen-bond donors (Lipinski definition) is 1. The van der Waals surface area contributed by atoms with Crippen molar-refractivity contribution in [1.82, 2.24) is 10.2 Å². The summed E-state index contributed by atoms with van der Waals surface area (Å²) in [6.07, 6.45) is 6.15. The Kier molecular flexibility index (Phi) is 8.06. The molecule has 1 saturated heterocycles. The van der Waals surface area contributed by atoms with Gasteiger partial charge in [0.25, 0.3) is 0 Å². The molecule has 1 fully saturated rings. The first-order chi connectivity index (χ1) is 12.1. The van der Waals surface area contributed by atoms with Crippen molar-refractivity contribution >= 4 is 5.91 Å². The summed E-state index contributed by atoms with van der Waals surface area (Å²) in [4.78, 5) is 14.5. The highest BCUT2D eigenvalue weighted by atomic mass is 16.5. The van der Waals surface area contributed by atoms with E-state index in [1.165, 1.54) is 19.3 Å². The lowest BCUT2D eigenvalue weighted by molar-refractivity contribution is -0.121. The second-order valence-corrected chi connectivity index (χ2v) is 6.79. The molecule has 1 amide bonds. The monoisotopic (exact) mass is 348 g/mol. The fourth-order valence-electron chi connectivity index (χ4n) is 3.33. The number of nitrogens with one attached hydrogen (secondary N) is 1. The van der Waals surface area contributed by atoms with Crippen molar-refractivity contribution in [2.45, 2.75) is 51.5 Å². The van der Waals surface area contributed by atoms with Crippen LogP contribution in [0.3, 0.4) is 0 Å². The van der Waals surface area contributed by atoms with Gasteiger partial charge in [-0.15, -0.1) is 0 Å². The van der Waals surface area contributed by atoms with Crippen LogP contribution in [0.1, 0.15) is 44.6 Å². The summed E-state index contributed by atoms with van der Waals surface area (Å²) < 4.78 is 10.6. The van der Waals surface area contributed by atoms with E-state index < -0.39 is 0 Å². The van der Waals surface area contributed by atoms with Gasteiger partial charge in [0.05, 0.1) is 14.2 Å². The molecule has 0 saturated carbocycles. The van der Waals surface area contributed by atoms with Gasteiger partial charge in [0.1, 0.15) is 0 Å². The van der Waals surface area contributed by atoms with Crippen molar-refractivity contribution in [1.29, 1.82) is 0 Å². The molecule has 25 heavy (non-hydrogen) atoms. The number of benzene rings is 1. The number of nitrogens with zero attached hydrogens (tertiary/aromatic N) is 1. The molecule has 1 atom stereocenters. The first kappa shape index (κ1) is 19.6. The van der Waals surface area contributed by atoms with Gasteiger partial charge >= 0.3 is 0 Å². The zero-order valence-corrected chi connectivity index (χ0v) is 15.8.